The fraction of sp³-hybridized carbons (Fsp3) is 0.200. The minimum Gasteiger partial charge on any atom is -0.395 e. The van der Waals surface area contributed by atoms with Gasteiger partial charge in [0.15, 0.2) is 0 Å². The highest BCUT2D eigenvalue weighted by atomic mass is 32.2. The van der Waals surface area contributed by atoms with E-state index in [9.17, 15) is 23.1 Å². The first-order valence-corrected chi connectivity index (χ1v) is 13.2. The number of hydrogen-bond acceptors (Lipinski definition) is 6. The van der Waals surface area contributed by atoms with Gasteiger partial charge in [0.05, 0.1) is 22.4 Å². The molecule has 0 spiro atoms. The van der Waals surface area contributed by atoms with Gasteiger partial charge in [-0.1, -0.05) is 36.9 Å². The summed E-state index contributed by atoms with van der Waals surface area (Å²) in [6, 6.07) is 16.4. The number of anilines is 1. The molecule has 0 radical (unpaired) electrons. The summed E-state index contributed by atoms with van der Waals surface area (Å²) >= 11 is 1.33. The van der Waals surface area contributed by atoms with Crippen LogP contribution in [0.5, 0.6) is 0 Å². The van der Waals surface area contributed by atoms with Gasteiger partial charge in [-0.2, -0.15) is 4.31 Å². The molecular weight excluding hydrogens is 486 g/mol. The third kappa shape index (κ3) is 5.51. The summed E-state index contributed by atoms with van der Waals surface area (Å²) in [6.07, 6.45) is 1.42. The number of aliphatic hydroxyl groups is 1. The van der Waals surface area contributed by atoms with Gasteiger partial charge in [-0.15, -0.1) is 11.3 Å². The van der Waals surface area contributed by atoms with Gasteiger partial charge in [-0.3, -0.25) is 9.59 Å². The molecule has 10 heteroatoms. The van der Waals surface area contributed by atoms with Crippen molar-refractivity contribution in [2.45, 2.75) is 23.4 Å². The normalized spacial score (nSPS) is 18.2. The van der Waals surface area contributed by atoms with Crippen molar-refractivity contribution in [3.8, 4) is 11.1 Å². The number of sulfonamides is 1. The SMILES string of the molecule is C=CC(=O)NC1CC(CO)N(S(=O)(=O)c2ccc(NC(=O)c3cc(-c4ccccc4)cs3)cc2)C1. The van der Waals surface area contributed by atoms with Crippen LogP contribution in [0, 0.1) is 0 Å². The van der Waals surface area contributed by atoms with E-state index in [2.05, 4.69) is 17.2 Å². The van der Waals surface area contributed by atoms with Crippen LogP contribution in [0.25, 0.3) is 11.1 Å². The summed E-state index contributed by atoms with van der Waals surface area (Å²) in [5.41, 5.74) is 2.43. The molecule has 2 aromatic carbocycles. The molecule has 3 N–H and O–H groups in total. The van der Waals surface area contributed by atoms with Crippen LogP contribution in [0.2, 0.25) is 0 Å². The van der Waals surface area contributed by atoms with Gasteiger partial charge in [0.25, 0.3) is 5.91 Å². The molecule has 1 aromatic heterocycles. The lowest BCUT2D eigenvalue weighted by atomic mass is 10.1. The number of nitrogens with zero attached hydrogens (tertiary/aromatic N) is 1. The van der Waals surface area contributed by atoms with Crippen LogP contribution >= 0.6 is 11.3 Å². The molecule has 1 aliphatic heterocycles. The fourth-order valence-electron chi connectivity index (χ4n) is 3.99. The smallest absolute Gasteiger partial charge is 0.265 e. The molecule has 2 unspecified atom stereocenters. The van der Waals surface area contributed by atoms with Crippen LogP contribution in [0.15, 0.2) is 83.6 Å². The molecule has 182 valence electrons. The Morgan fingerprint density at radius 1 is 1.11 bits per heavy atom. The highest BCUT2D eigenvalue weighted by molar-refractivity contribution is 7.89. The Bertz CT molecular complexity index is 1320. The summed E-state index contributed by atoms with van der Waals surface area (Å²) < 4.78 is 27.6. The predicted octanol–water partition coefficient (Wildman–Crippen LogP) is 3.09. The summed E-state index contributed by atoms with van der Waals surface area (Å²) in [5, 5.41) is 17.1. The second-order valence-corrected chi connectivity index (χ2v) is 10.9. The first kappa shape index (κ1) is 24.8. The minimum atomic E-state index is -3.91. The topological polar surface area (TPSA) is 116 Å². The second kappa shape index (κ2) is 10.5. The van der Waals surface area contributed by atoms with Gasteiger partial charge in [0.1, 0.15) is 0 Å². The lowest BCUT2D eigenvalue weighted by Gasteiger charge is -2.22. The highest BCUT2D eigenvalue weighted by Crippen LogP contribution is 2.28. The molecule has 4 rings (SSSR count). The average molecular weight is 512 g/mol. The number of nitrogens with one attached hydrogen (secondary N) is 2. The van der Waals surface area contributed by atoms with E-state index in [0.29, 0.717) is 17.0 Å². The number of carbonyl (C=O) groups is 2. The van der Waals surface area contributed by atoms with Crippen LogP contribution in [0.4, 0.5) is 5.69 Å². The Kier molecular flexibility index (Phi) is 7.46. The minimum absolute atomic E-state index is 0.0344. The van der Waals surface area contributed by atoms with Crippen molar-refractivity contribution < 1.29 is 23.1 Å². The molecule has 35 heavy (non-hydrogen) atoms. The molecule has 0 saturated carbocycles. The van der Waals surface area contributed by atoms with Gasteiger partial charge < -0.3 is 15.7 Å². The van der Waals surface area contributed by atoms with Crippen molar-refractivity contribution in [2.24, 2.45) is 0 Å². The van der Waals surface area contributed by atoms with Gasteiger partial charge in [-0.25, -0.2) is 8.42 Å². The van der Waals surface area contributed by atoms with Gasteiger partial charge >= 0.3 is 0 Å². The maximum absolute atomic E-state index is 13.2. The number of aliphatic hydroxyl groups excluding tert-OH is 1. The van der Waals surface area contributed by atoms with Crippen molar-refractivity contribution in [1.82, 2.24) is 9.62 Å². The van der Waals surface area contributed by atoms with E-state index >= 15 is 0 Å². The van der Waals surface area contributed by atoms with Crippen molar-refractivity contribution >= 4 is 38.9 Å². The molecule has 0 aliphatic carbocycles. The number of thiophene rings is 1. The molecule has 2 heterocycles. The van der Waals surface area contributed by atoms with Gasteiger partial charge in [0, 0.05) is 18.3 Å². The molecular formula is C25H25N3O5S2. The summed E-state index contributed by atoms with van der Waals surface area (Å²) in [7, 11) is -3.91. The first-order chi connectivity index (χ1) is 16.8. The van der Waals surface area contributed by atoms with Crippen LogP contribution in [0.1, 0.15) is 16.1 Å². The molecule has 1 aliphatic rings. The van der Waals surface area contributed by atoms with Gasteiger partial charge in [0.2, 0.25) is 15.9 Å². The Labute approximate surface area is 208 Å². The molecule has 1 saturated heterocycles. The standard InChI is InChI=1S/C25H25N3O5S2/c1-2-24(30)26-20-13-21(15-29)28(14-20)35(32,33)22-10-8-19(9-11-22)27-25(31)23-12-18(16-34-23)17-6-4-3-5-7-17/h2-12,16,20-21,29H,1,13-15H2,(H,26,30)(H,27,31). The Balaban J connectivity index is 1.44. The maximum atomic E-state index is 13.2. The van der Waals surface area contributed by atoms with E-state index in [-0.39, 0.29) is 24.0 Å². The molecule has 0 bridgehead atoms. The lowest BCUT2D eigenvalue weighted by Crippen LogP contribution is -2.39. The van der Waals surface area contributed by atoms with Crippen molar-refractivity contribution in [2.75, 3.05) is 18.5 Å². The highest BCUT2D eigenvalue weighted by Gasteiger charge is 2.40. The fourth-order valence-corrected chi connectivity index (χ4v) is 6.47. The molecule has 2 amide bonds. The van der Waals surface area contributed by atoms with Crippen molar-refractivity contribution in [3.05, 3.63) is 83.6 Å². The Morgan fingerprint density at radius 2 is 1.83 bits per heavy atom. The maximum Gasteiger partial charge on any atom is 0.265 e. The molecule has 3 aromatic rings. The van der Waals surface area contributed by atoms with E-state index in [4.69, 9.17) is 0 Å². The second-order valence-electron chi connectivity index (χ2n) is 8.10. The Morgan fingerprint density at radius 3 is 2.49 bits per heavy atom. The largest absolute Gasteiger partial charge is 0.395 e. The van der Waals surface area contributed by atoms with Crippen LogP contribution < -0.4 is 10.6 Å². The summed E-state index contributed by atoms with van der Waals surface area (Å²) in [6.45, 7) is 3.09. The van der Waals surface area contributed by atoms with Crippen molar-refractivity contribution in [3.63, 3.8) is 0 Å². The quantitative estimate of drug-likeness (QED) is 0.402. The first-order valence-electron chi connectivity index (χ1n) is 10.9. The van der Waals surface area contributed by atoms with E-state index in [0.717, 1.165) is 17.2 Å². The number of benzene rings is 2. The Hall–Kier alpha value is -3.31. The monoisotopic (exact) mass is 511 g/mol. The van der Waals surface area contributed by atoms with Crippen molar-refractivity contribution in [1.29, 1.82) is 0 Å². The number of carbonyl (C=O) groups excluding carboxylic acids is 2. The number of rotatable bonds is 8. The molecule has 1 fully saturated rings. The van der Waals surface area contributed by atoms with E-state index in [1.165, 1.54) is 39.9 Å². The van der Waals surface area contributed by atoms with Crippen LogP contribution in [0.3, 0.4) is 0 Å². The third-order valence-electron chi connectivity index (χ3n) is 5.76. The molecule has 8 nitrogen and oxygen atoms in total. The predicted molar refractivity (Wildman–Crippen MR) is 136 cm³/mol. The summed E-state index contributed by atoms with van der Waals surface area (Å²) in [5.74, 6) is -0.680. The summed E-state index contributed by atoms with van der Waals surface area (Å²) in [4.78, 5) is 24.9. The number of hydrogen-bond donors (Lipinski definition) is 3. The van der Waals surface area contributed by atoms with E-state index in [1.807, 2.05) is 41.8 Å². The number of amides is 2. The van der Waals surface area contributed by atoms with E-state index in [1.54, 1.807) is 0 Å². The van der Waals surface area contributed by atoms with Crippen LogP contribution in [-0.2, 0) is 14.8 Å². The lowest BCUT2D eigenvalue weighted by molar-refractivity contribution is -0.117. The van der Waals surface area contributed by atoms with Crippen LogP contribution in [-0.4, -0.2) is 54.9 Å². The zero-order valence-corrected chi connectivity index (χ0v) is 20.4. The zero-order chi connectivity index (χ0) is 25.0. The third-order valence-corrected chi connectivity index (χ3v) is 8.62. The average Bonchev–Trinajstić information content (AvgIpc) is 3.53. The zero-order valence-electron chi connectivity index (χ0n) is 18.8. The van der Waals surface area contributed by atoms with E-state index < -0.39 is 28.0 Å². The molecule has 2 atom stereocenters. The van der Waals surface area contributed by atoms with Gasteiger partial charge in [-0.05, 0) is 59.3 Å².